The molecule has 0 radical (unpaired) electrons. The Labute approximate surface area is 147 Å². The summed E-state index contributed by atoms with van der Waals surface area (Å²) >= 11 is 12.3. The van der Waals surface area contributed by atoms with Gasteiger partial charge >= 0.3 is 0 Å². The number of aliphatic hydroxyl groups excluding tert-OH is 1. The Morgan fingerprint density at radius 3 is 2.48 bits per heavy atom. The fourth-order valence-electron chi connectivity index (χ4n) is 2.17. The van der Waals surface area contributed by atoms with Crippen LogP contribution in [-0.4, -0.2) is 17.8 Å². The van der Waals surface area contributed by atoms with Gasteiger partial charge in [-0.2, -0.15) is 0 Å². The largest absolute Gasteiger partial charge is 0.489 e. The van der Waals surface area contributed by atoms with Gasteiger partial charge < -0.3 is 15.2 Å². The molecule has 0 spiro atoms. The summed E-state index contributed by atoms with van der Waals surface area (Å²) in [5.41, 5.74) is 1.88. The SMILES string of the molecule is CC[C@H](CO)NCc1cccc(OCc2c(Cl)cccc2Cl)c1. The fraction of sp³-hybridized carbons (Fsp3) is 0.333. The lowest BCUT2D eigenvalue weighted by atomic mass is 10.2. The number of hydrogen-bond acceptors (Lipinski definition) is 3. The average molecular weight is 354 g/mol. The number of nitrogens with one attached hydrogen (secondary N) is 1. The highest BCUT2D eigenvalue weighted by Gasteiger charge is 2.07. The fourth-order valence-corrected chi connectivity index (χ4v) is 2.68. The summed E-state index contributed by atoms with van der Waals surface area (Å²) < 4.78 is 5.81. The number of hydrogen-bond donors (Lipinski definition) is 2. The highest BCUT2D eigenvalue weighted by Crippen LogP contribution is 2.26. The number of halogens is 2. The standard InChI is InChI=1S/C18H21Cl2NO2/c1-2-14(11-22)21-10-13-5-3-6-15(9-13)23-12-16-17(19)7-4-8-18(16)20/h3-9,14,21-22H,2,10-12H2,1H3/t14-/m1/s1. The lowest BCUT2D eigenvalue weighted by molar-refractivity contribution is 0.238. The van der Waals surface area contributed by atoms with Gasteiger partial charge in [0, 0.05) is 28.2 Å². The summed E-state index contributed by atoms with van der Waals surface area (Å²) in [7, 11) is 0. The van der Waals surface area contributed by atoms with E-state index >= 15 is 0 Å². The van der Waals surface area contributed by atoms with E-state index in [0.29, 0.717) is 23.2 Å². The van der Waals surface area contributed by atoms with E-state index in [2.05, 4.69) is 5.32 Å². The molecule has 0 heterocycles. The van der Waals surface area contributed by atoms with Gasteiger partial charge in [-0.05, 0) is 36.2 Å². The summed E-state index contributed by atoms with van der Waals surface area (Å²) in [5.74, 6) is 0.761. The molecule has 0 aliphatic rings. The molecule has 0 aliphatic heterocycles. The van der Waals surface area contributed by atoms with Crippen LogP contribution in [0.3, 0.4) is 0 Å². The van der Waals surface area contributed by atoms with Crippen molar-refractivity contribution in [3.63, 3.8) is 0 Å². The van der Waals surface area contributed by atoms with Crippen LogP contribution in [0.1, 0.15) is 24.5 Å². The molecule has 0 aromatic heterocycles. The van der Waals surface area contributed by atoms with Crippen molar-refractivity contribution in [3.8, 4) is 5.75 Å². The summed E-state index contributed by atoms with van der Waals surface area (Å²) in [6, 6.07) is 13.4. The molecule has 0 bridgehead atoms. The van der Waals surface area contributed by atoms with E-state index in [1.165, 1.54) is 0 Å². The van der Waals surface area contributed by atoms with Crippen molar-refractivity contribution in [1.82, 2.24) is 5.32 Å². The van der Waals surface area contributed by atoms with Gasteiger partial charge in [-0.15, -0.1) is 0 Å². The van der Waals surface area contributed by atoms with Crippen molar-refractivity contribution >= 4 is 23.2 Å². The van der Waals surface area contributed by atoms with Crippen LogP contribution in [0.25, 0.3) is 0 Å². The molecule has 124 valence electrons. The van der Waals surface area contributed by atoms with Gasteiger partial charge in [-0.1, -0.05) is 48.3 Å². The molecule has 1 atom stereocenters. The van der Waals surface area contributed by atoms with Crippen LogP contribution in [0.4, 0.5) is 0 Å². The van der Waals surface area contributed by atoms with E-state index in [0.717, 1.165) is 23.3 Å². The van der Waals surface area contributed by atoms with E-state index in [-0.39, 0.29) is 12.6 Å². The zero-order valence-corrected chi connectivity index (χ0v) is 14.6. The molecule has 2 rings (SSSR count). The molecule has 0 fully saturated rings. The van der Waals surface area contributed by atoms with Gasteiger partial charge in [0.05, 0.1) is 6.61 Å². The van der Waals surface area contributed by atoms with Crippen LogP contribution in [0, 0.1) is 0 Å². The van der Waals surface area contributed by atoms with Crippen molar-refractivity contribution in [2.24, 2.45) is 0 Å². The monoisotopic (exact) mass is 353 g/mol. The van der Waals surface area contributed by atoms with E-state index in [1.807, 2.05) is 37.3 Å². The molecule has 2 aromatic carbocycles. The second-order valence-electron chi connectivity index (χ2n) is 5.30. The van der Waals surface area contributed by atoms with Gasteiger partial charge in [0.15, 0.2) is 0 Å². The van der Waals surface area contributed by atoms with Gasteiger partial charge in [0.2, 0.25) is 0 Å². The van der Waals surface area contributed by atoms with E-state index in [4.69, 9.17) is 27.9 Å². The molecule has 5 heteroatoms. The maximum absolute atomic E-state index is 9.21. The Bertz CT molecular complexity index is 610. The first kappa shape index (κ1) is 18.1. The van der Waals surface area contributed by atoms with Crippen molar-refractivity contribution < 1.29 is 9.84 Å². The second-order valence-corrected chi connectivity index (χ2v) is 6.12. The van der Waals surface area contributed by atoms with Crippen LogP contribution in [0.2, 0.25) is 10.0 Å². The Kier molecular flexibility index (Phi) is 7.18. The Hall–Kier alpha value is -1.26. The Balaban J connectivity index is 1.97. The number of benzene rings is 2. The molecule has 0 amide bonds. The number of ether oxygens (including phenoxy) is 1. The first-order chi connectivity index (χ1) is 11.1. The third-order valence-corrected chi connectivity index (χ3v) is 4.36. The molecule has 0 aliphatic carbocycles. The molecule has 0 saturated carbocycles. The quantitative estimate of drug-likeness (QED) is 0.737. The van der Waals surface area contributed by atoms with Crippen molar-refractivity contribution in [3.05, 3.63) is 63.6 Å². The third kappa shape index (κ3) is 5.40. The Morgan fingerprint density at radius 1 is 1.13 bits per heavy atom. The van der Waals surface area contributed by atoms with E-state index in [9.17, 15) is 5.11 Å². The van der Waals surface area contributed by atoms with Crippen LogP contribution >= 0.6 is 23.2 Å². The average Bonchev–Trinajstić information content (AvgIpc) is 2.56. The lowest BCUT2D eigenvalue weighted by Crippen LogP contribution is -2.31. The van der Waals surface area contributed by atoms with Crippen LogP contribution in [-0.2, 0) is 13.2 Å². The highest BCUT2D eigenvalue weighted by molar-refractivity contribution is 6.35. The third-order valence-electron chi connectivity index (χ3n) is 3.65. The number of rotatable bonds is 8. The zero-order chi connectivity index (χ0) is 16.7. The Morgan fingerprint density at radius 2 is 1.83 bits per heavy atom. The topological polar surface area (TPSA) is 41.5 Å². The van der Waals surface area contributed by atoms with Gasteiger partial charge in [0.25, 0.3) is 0 Å². The van der Waals surface area contributed by atoms with Crippen LogP contribution in [0.15, 0.2) is 42.5 Å². The van der Waals surface area contributed by atoms with Crippen molar-refractivity contribution in [1.29, 1.82) is 0 Å². The predicted molar refractivity (Wildman–Crippen MR) is 95.2 cm³/mol. The summed E-state index contributed by atoms with van der Waals surface area (Å²) in [5, 5.41) is 13.7. The molecule has 3 nitrogen and oxygen atoms in total. The minimum atomic E-state index is 0.113. The predicted octanol–water partition coefficient (Wildman–Crippen LogP) is 4.43. The normalized spacial score (nSPS) is 12.2. The lowest BCUT2D eigenvalue weighted by Gasteiger charge is -2.15. The van der Waals surface area contributed by atoms with Crippen LogP contribution in [0.5, 0.6) is 5.75 Å². The smallest absolute Gasteiger partial charge is 0.120 e. The molecule has 0 unspecified atom stereocenters. The molecule has 0 saturated heterocycles. The maximum atomic E-state index is 9.21. The van der Waals surface area contributed by atoms with Crippen LogP contribution < -0.4 is 10.1 Å². The molecular weight excluding hydrogens is 333 g/mol. The summed E-state index contributed by atoms with van der Waals surface area (Å²) in [6.45, 7) is 3.19. The van der Waals surface area contributed by atoms with E-state index in [1.54, 1.807) is 12.1 Å². The molecule has 2 N–H and O–H groups in total. The minimum absolute atomic E-state index is 0.113. The molecular formula is C18H21Cl2NO2. The number of aliphatic hydroxyl groups is 1. The van der Waals surface area contributed by atoms with Crippen molar-refractivity contribution in [2.75, 3.05) is 6.61 Å². The second kappa shape index (κ2) is 9.14. The van der Waals surface area contributed by atoms with Gasteiger partial charge in [-0.3, -0.25) is 0 Å². The minimum Gasteiger partial charge on any atom is -0.489 e. The van der Waals surface area contributed by atoms with E-state index < -0.39 is 0 Å². The first-order valence-electron chi connectivity index (χ1n) is 7.63. The summed E-state index contributed by atoms with van der Waals surface area (Å²) in [4.78, 5) is 0. The molecule has 23 heavy (non-hydrogen) atoms. The summed E-state index contributed by atoms with van der Waals surface area (Å²) in [6.07, 6.45) is 0.887. The highest BCUT2D eigenvalue weighted by atomic mass is 35.5. The van der Waals surface area contributed by atoms with Gasteiger partial charge in [-0.25, -0.2) is 0 Å². The molecule has 2 aromatic rings. The zero-order valence-electron chi connectivity index (χ0n) is 13.1. The van der Waals surface area contributed by atoms with Gasteiger partial charge in [0.1, 0.15) is 12.4 Å². The first-order valence-corrected chi connectivity index (χ1v) is 8.38. The maximum Gasteiger partial charge on any atom is 0.120 e. The van der Waals surface area contributed by atoms with Crippen molar-refractivity contribution in [2.45, 2.75) is 32.5 Å².